The van der Waals surface area contributed by atoms with Gasteiger partial charge < -0.3 is 15.2 Å². The van der Waals surface area contributed by atoms with Crippen LogP contribution in [0.5, 0.6) is 0 Å². The van der Waals surface area contributed by atoms with Crippen LogP contribution in [0.25, 0.3) is 0 Å². The summed E-state index contributed by atoms with van der Waals surface area (Å²) >= 11 is 0. The van der Waals surface area contributed by atoms with Crippen molar-refractivity contribution < 1.29 is 9.59 Å². The summed E-state index contributed by atoms with van der Waals surface area (Å²) in [5.74, 6) is 0.0389. The van der Waals surface area contributed by atoms with E-state index in [1.807, 2.05) is 13.8 Å². The molecule has 0 spiro atoms. The van der Waals surface area contributed by atoms with E-state index < -0.39 is 0 Å². The SMILES string of the molecule is CC(C)C(C(=O)NCCC1(NC(=O)Cc2ccn[nH]2)CC1)n1cnnc1. The first-order valence-corrected chi connectivity index (χ1v) is 8.90. The third-order valence-corrected chi connectivity index (χ3v) is 4.73. The molecule has 3 N–H and O–H groups in total. The predicted molar refractivity (Wildman–Crippen MR) is 93.9 cm³/mol. The maximum atomic E-state index is 12.5. The number of nitrogens with zero attached hydrogens (tertiary/aromatic N) is 4. The van der Waals surface area contributed by atoms with Gasteiger partial charge in [0.1, 0.15) is 18.7 Å². The molecule has 0 saturated heterocycles. The third kappa shape index (κ3) is 4.47. The van der Waals surface area contributed by atoms with E-state index in [0.717, 1.165) is 25.0 Å². The molecule has 2 aromatic heterocycles. The highest BCUT2D eigenvalue weighted by Crippen LogP contribution is 2.38. The first kappa shape index (κ1) is 18.1. The third-order valence-electron chi connectivity index (χ3n) is 4.73. The van der Waals surface area contributed by atoms with Gasteiger partial charge in [0.25, 0.3) is 0 Å². The van der Waals surface area contributed by atoms with Crippen LogP contribution in [0.2, 0.25) is 0 Å². The van der Waals surface area contributed by atoms with Gasteiger partial charge >= 0.3 is 0 Å². The molecule has 1 atom stereocenters. The number of carbonyl (C=O) groups is 2. The summed E-state index contributed by atoms with van der Waals surface area (Å²) in [7, 11) is 0. The molecule has 1 saturated carbocycles. The van der Waals surface area contributed by atoms with Crippen LogP contribution in [0.15, 0.2) is 24.9 Å². The van der Waals surface area contributed by atoms with Crippen molar-refractivity contribution in [3.63, 3.8) is 0 Å². The highest BCUT2D eigenvalue weighted by atomic mass is 16.2. The maximum absolute atomic E-state index is 12.5. The van der Waals surface area contributed by atoms with Crippen molar-refractivity contribution in [2.24, 2.45) is 5.92 Å². The van der Waals surface area contributed by atoms with Gasteiger partial charge in [-0.15, -0.1) is 10.2 Å². The number of aromatic nitrogens is 5. The Hall–Kier alpha value is -2.71. The number of amides is 2. The van der Waals surface area contributed by atoms with Crippen molar-refractivity contribution >= 4 is 11.8 Å². The van der Waals surface area contributed by atoms with Crippen molar-refractivity contribution in [3.8, 4) is 0 Å². The number of hydrogen-bond acceptors (Lipinski definition) is 5. The zero-order chi connectivity index (χ0) is 18.6. The van der Waals surface area contributed by atoms with Gasteiger partial charge in [0.05, 0.1) is 6.42 Å². The Morgan fingerprint density at radius 3 is 2.62 bits per heavy atom. The van der Waals surface area contributed by atoms with Gasteiger partial charge in [0.2, 0.25) is 11.8 Å². The van der Waals surface area contributed by atoms with Crippen LogP contribution in [0.4, 0.5) is 0 Å². The number of rotatable bonds is 9. The van der Waals surface area contributed by atoms with E-state index >= 15 is 0 Å². The molecule has 0 radical (unpaired) electrons. The van der Waals surface area contributed by atoms with Crippen LogP contribution in [0.1, 0.15) is 44.8 Å². The number of nitrogens with one attached hydrogen (secondary N) is 3. The van der Waals surface area contributed by atoms with Gasteiger partial charge in [-0.2, -0.15) is 5.10 Å². The monoisotopic (exact) mass is 359 g/mol. The lowest BCUT2D eigenvalue weighted by atomic mass is 10.0. The first-order chi connectivity index (χ1) is 12.5. The zero-order valence-corrected chi connectivity index (χ0v) is 15.1. The highest BCUT2D eigenvalue weighted by molar-refractivity contribution is 5.81. The van der Waals surface area contributed by atoms with E-state index in [9.17, 15) is 9.59 Å². The second-order valence-electron chi connectivity index (χ2n) is 7.23. The number of hydrogen-bond donors (Lipinski definition) is 3. The van der Waals surface area contributed by atoms with Crippen LogP contribution in [-0.2, 0) is 16.0 Å². The quantitative estimate of drug-likeness (QED) is 0.606. The van der Waals surface area contributed by atoms with Gasteiger partial charge in [0, 0.05) is 24.0 Å². The van der Waals surface area contributed by atoms with Crippen molar-refractivity contribution in [1.29, 1.82) is 0 Å². The minimum atomic E-state index is -0.338. The van der Waals surface area contributed by atoms with Crippen molar-refractivity contribution in [2.75, 3.05) is 6.54 Å². The van der Waals surface area contributed by atoms with E-state index in [1.165, 1.54) is 0 Å². The van der Waals surface area contributed by atoms with Crippen LogP contribution < -0.4 is 10.6 Å². The molecule has 1 unspecified atom stereocenters. The Balaban J connectivity index is 1.46. The second-order valence-corrected chi connectivity index (χ2v) is 7.23. The molecule has 2 aromatic rings. The topological polar surface area (TPSA) is 118 Å². The Labute approximate surface area is 152 Å². The standard InChI is InChI=1S/C17H25N7O2/c1-12(2)15(24-10-20-21-11-24)16(26)18-8-6-17(4-5-17)22-14(25)9-13-3-7-19-23-13/h3,7,10-12,15H,4-6,8-9H2,1-2H3,(H,18,26)(H,19,23)(H,22,25). The smallest absolute Gasteiger partial charge is 0.243 e. The van der Waals surface area contributed by atoms with Crippen LogP contribution in [0.3, 0.4) is 0 Å². The molecule has 140 valence electrons. The van der Waals surface area contributed by atoms with Crippen LogP contribution in [-0.4, -0.2) is 48.9 Å². The van der Waals surface area contributed by atoms with E-state index in [4.69, 9.17) is 0 Å². The average Bonchev–Trinajstić information content (AvgIpc) is 2.99. The van der Waals surface area contributed by atoms with E-state index in [-0.39, 0.29) is 35.7 Å². The Morgan fingerprint density at radius 1 is 1.31 bits per heavy atom. The zero-order valence-electron chi connectivity index (χ0n) is 15.1. The second kappa shape index (κ2) is 7.67. The largest absolute Gasteiger partial charge is 0.354 e. The molecule has 2 amide bonds. The van der Waals surface area contributed by atoms with Crippen molar-refractivity contribution in [2.45, 2.75) is 51.1 Å². The lowest BCUT2D eigenvalue weighted by Crippen LogP contribution is -2.42. The van der Waals surface area contributed by atoms with E-state index in [2.05, 4.69) is 31.0 Å². The normalized spacial score (nSPS) is 16.3. The summed E-state index contributed by atoms with van der Waals surface area (Å²) in [5, 5.41) is 20.3. The average molecular weight is 359 g/mol. The fourth-order valence-corrected chi connectivity index (χ4v) is 3.15. The van der Waals surface area contributed by atoms with Crippen LogP contribution in [0, 0.1) is 5.92 Å². The molecule has 0 aromatic carbocycles. The molecular formula is C17H25N7O2. The Bertz CT molecular complexity index is 720. The molecule has 1 fully saturated rings. The molecule has 1 aliphatic rings. The fourth-order valence-electron chi connectivity index (χ4n) is 3.15. The maximum Gasteiger partial charge on any atom is 0.243 e. The Morgan fingerprint density at radius 2 is 2.04 bits per heavy atom. The van der Waals surface area contributed by atoms with Gasteiger partial charge in [-0.25, -0.2) is 0 Å². The summed E-state index contributed by atoms with van der Waals surface area (Å²) < 4.78 is 1.72. The number of aromatic amines is 1. The molecule has 2 heterocycles. The van der Waals surface area contributed by atoms with Crippen molar-refractivity contribution in [3.05, 3.63) is 30.6 Å². The van der Waals surface area contributed by atoms with Crippen LogP contribution >= 0.6 is 0 Å². The van der Waals surface area contributed by atoms with Gasteiger partial charge in [-0.3, -0.25) is 14.7 Å². The molecule has 0 aliphatic heterocycles. The van der Waals surface area contributed by atoms with E-state index in [1.54, 1.807) is 29.5 Å². The molecular weight excluding hydrogens is 334 g/mol. The van der Waals surface area contributed by atoms with Gasteiger partial charge in [0.15, 0.2) is 0 Å². The Kier molecular flexibility index (Phi) is 5.34. The predicted octanol–water partition coefficient (Wildman–Crippen LogP) is 0.596. The summed E-state index contributed by atoms with van der Waals surface area (Å²) in [6.45, 7) is 4.50. The summed E-state index contributed by atoms with van der Waals surface area (Å²) in [4.78, 5) is 24.7. The summed E-state index contributed by atoms with van der Waals surface area (Å²) in [5.41, 5.74) is 0.606. The van der Waals surface area contributed by atoms with Gasteiger partial charge in [-0.05, 0) is 31.2 Å². The minimum absolute atomic E-state index is 0.0253. The first-order valence-electron chi connectivity index (χ1n) is 8.90. The fraction of sp³-hybridized carbons (Fsp3) is 0.588. The molecule has 9 nitrogen and oxygen atoms in total. The molecule has 9 heteroatoms. The number of carbonyl (C=O) groups excluding carboxylic acids is 2. The molecule has 0 bridgehead atoms. The molecule has 3 rings (SSSR count). The molecule has 1 aliphatic carbocycles. The molecule has 26 heavy (non-hydrogen) atoms. The van der Waals surface area contributed by atoms with Crippen molar-refractivity contribution in [1.82, 2.24) is 35.6 Å². The lowest BCUT2D eigenvalue weighted by molar-refractivity contribution is -0.125. The summed E-state index contributed by atoms with van der Waals surface area (Å²) in [6.07, 6.45) is 7.64. The minimum Gasteiger partial charge on any atom is -0.354 e. The highest BCUT2D eigenvalue weighted by Gasteiger charge is 2.43. The lowest BCUT2D eigenvalue weighted by Gasteiger charge is -2.22. The summed E-state index contributed by atoms with van der Waals surface area (Å²) in [6, 6.07) is 1.45. The number of H-pyrrole nitrogens is 1. The van der Waals surface area contributed by atoms with Gasteiger partial charge in [-0.1, -0.05) is 13.8 Å². The van der Waals surface area contributed by atoms with E-state index in [0.29, 0.717) is 6.54 Å².